The summed E-state index contributed by atoms with van der Waals surface area (Å²) in [6.45, 7) is 3.23. The van der Waals surface area contributed by atoms with Crippen molar-refractivity contribution in [1.82, 2.24) is 15.3 Å². The van der Waals surface area contributed by atoms with E-state index in [1.807, 2.05) is 31.2 Å². The first-order chi connectivity index (χ1) is 16.0. The number of aryl methyl sites for hydroxylation is 1. The first-order valence-electron chi connectivity index (χ1n) is 10.9. The number of fused-ring (bicyclic) bond motifs is 1. The van der Waals surface area contributed by atoms with Crippen molar-refractivity contribution < 1.29 is 18.6 Å². The van der Waals surface area contributed by atoms with Crippen LogP contribution in [0.25, 0.3) is 22.3 Å². The molecule has 0 unspecified atom stereocenters. The van der Waals surface area contributed by atoms with E-state index in [1.165, 1.54) is 12.1 Å². The molecule has 1 atom stereocenters. The van der Waals surface area contributed by atoms with Crippen LogP contribution in [0, 0.1) is 12.7 Å². The highest BCUT2D eigenvalue weighted by Crippen LogP contribution is 2.33. The van der Waals surface area contributed by atoms with Gasteiger partial charge in [-0.05, 0) is 55.3 Å². The molecule has 1 amide bonds. The van der Waals surface area contributed by atoms with E-state index in [9.17, 15) is 14.3 Å². The first kappa shape index (κ1) is 20.9. The molecule has 1 fully saturated rings. The average molecular weight is 449 g/mol. The van der Waals surface area contributed by atoms with Crippen LogP contribution >= 0.6 is 0 Å². The third kappa shape index (κ3) is 4.09. The zero-order chi connectivity index (χ0) is 22.9. The second-order valence-electron chi connectivity index (χ2n) is 8.29. The molecule has 6 nitrogen and oxygen atoms in total. The molecule has 33 heavy (non-hydrogen) atoms. The van der Waals surface area contributed by atoms with Crippen molar-refractivity contribution in [3.05, 3.63) is 83.7 Å². The Labute approximate surface area is 195 Å². The minimum atomic E-state index is -0.533. The van der Waals surface area contributed by atoms with Crippen LogP contribution in [0.5, 0.6) is 5.75 Å². The van der Waals surface area contributed by atoms with Crippen LogP contribution in [0.1, 0.15) is 26.6 Å². The van der Waals surface area contributed by atoms with Gasteiger partial charge >= 0.3 is 0 Å². The lowest BCUT2D eigenvalue weighted by Crippen LogP contribution is -2.37. The van der Waals surface area contributed by atoms with Crippen LogP contribution in [0.15, 0.2) is 66.7 Å². The molecule has 0 aliphatic carbocycles. The van der Waals surface area contributed by atoms with Gasteiger partial charge in [-0.25, -0.2) is 14.4 Å². The maximum atomic E-state index is 14.0. The number of carbonyl (C=O) groups is 1. The molecule has 2 N–H and O–H groups in total. The average Bonchev–Trinajstić information content (AvgIpc) is 3.27. The molecule has 172 valence electrons. The van der Waals surface area contributed by atoms with Crippen molar-refractivity contribution in [2.24, 2.45) is 0 Å². The zero-order valence-corrected chi connectivity index (χ0v) is 18.1. The maximum Gasteiger partial charge on any atom is 0.254 e. The molecule has 2 heterocycles. The van der Waals surface area contributed by atoms with Crippen LogP contribution in [-0.4, -0.2) is 40.1 Å². The lowest BCUT2D eigenvalue weighted by molar-refractivity contribution is 0.0936. The van der Waals surface area contributed by atoms with Crippen LogP contribution < -0.4 is 10.2 Å². The molecule has 7 heteroatoms. The summed E-state index contributed by atoms with van der Waals surface area (Å²) in [5.41, 5.74) is 2.47. The molecule has 1 aliphatic rings. The fourth-order valence-corrected chi connectivity index (χ4v) is 4.23. The van der Waals surface area contributed by atoms with Gasteiger partial charge in [0.15, 0.2) is 5.82 Å². The minimum Gasteiger partial charge on any atom is -0.507 e. The molecule has 0 spiro atoms. The fourth-order valence-electron chi connectivity index (χ4n) is 4.23. The molecule has 1 saturated heterocycles. The zero-order valence-electron chi connectivity index (χ0n) is 18.1. The lowest BCUT2D eigenvalue weighted by atomic mass is 10.1. The second-order valence-corrected chi connectivity index (χ2v) is 8.29. The normalized spacial score (nSPS) is 15.7. The Morgan fingerprint density at radius 3 is 2.73 bits per heavy atom. The lowest BCUT2D eigenvalue weighted by Gasteiger charge is -2.21. The van der Waals surface area contributed by atoms with E-state index in [0.29, 0.717) is 30.9 Å². The number of phenolic OH excluding ortho intramolecular Hbond substituents is 1. The highest BCUT2D eigenvalue weighted by Gasteiger charge is 2.28. The number of aromatic nitrogens is 2. The first-order valence-corrected chi connectivity index (χ1v) is 10.9. The van der Waals surface area contributed by atoms with Crippen LogP contribution in [0.3, 0.4) is 0 Å². The van der Waals surface area contributed by atoms with Crippen LogP contribution in [0.2, 0.25) is 0 Å². The van der Waals surface area contributed by atoms with Crippen molar-refractivity contribution in [1.29, 1.82) is 0 Å². The fraction of sp³-hybridized carbons (Fsp3) is 0.192. The van der Waals surface area contributed by atoms with E-state index in [0.717, 1.165) is 22.3 Å². The smallest absolute Gasteiger partial charge is 0.254 e. The predicted octanol–water partition coefficient (Wildman–Crippen LogP) is 5.20. The summed E-state index contributed by atoms with van der Waals surface area (Å²) in [6.07, 6.45) is 0.712. The van der Waals surface area contributed by atoms with Gasteiger partial charge < -0.3 is 15.3 Å². The number of hydrogen-bond acceptors (Lipinski definition) is 5. The van der Waals surface area contributed by atoms with Crippen molar-refractivity contribution in [3.8, 4) is 17.1 Å². The SMILES string of the molecule is Cc1ccc2c(N3CC[C@@H](NC(=O)c4ccccc4F)C3)nc(-c3ccccc3O)nc2c1.[HH].[HH].[HH]. The summed E-state index contributed by atoms with van der Waals surface area (Å²) in [5, 5.41) is 14.2. The molecule has 0 radical (unpaired) electrons. The standard InChI is InChI=1S/C26H23FN4O2.3H2/c1-16-10-11-19-22(14-16)29-24(20-7-3-5-9-23(20)32)30-25(19)31-13-12-17(15-31)28-26(33)18-6-2-4-8-21(18)27;;;/h2-11,14,17,32H,12-13,15H2,1H3,(H,28,33);3*1H/t17-;;;/m1.../s1. The number of hydrogen-bond donors (Lipinski definition) is 2. The number of nitrogens with one attached hydrogen (secondary N) is 1. The molecule has 3 aromatic carbocycles. The number of rotatable bonds is 4. The second kappa shape index (κ2) is 8.50. The Morgan fingerprint density at radius 1 is 1.12 bits per heavy atom. The monoisotopic (exact) mass is 448 g/mol. The van der Waals surface area contributed by atoms with Crippen molar-refractivity contribution in [2.45, 2.75) is 19.4 Å². The summed E-state index contributed by atoms with van der Waals surface area (Å²) < 4.78 is 14.0. The third-order valence-corrected chi connectivity index (χ3v) is 5.92. The molecule has 1 aromatic heterocycles. The van der Waals surface area contributed by atoms with Crippen molar-refractivity contribution >= 4 is 22.6 Å². The number of anilines is 1. The molecule has 0 bridgehead atoms. The number of para-hydroxylation sites is 1. The van der Waals surface area contributed by atoms with E-state index in [4.69, 9.17) is 9.97 Å². The van der Waals surface area contributed by atoms with E-state index < -0.39 is 11.7 Å². The number of aromatic hydroxyl groups is 1. The van der Waals surface area contributed by atoms with Crippen LogP contribution in [-0.2, 0) is 0 Å². The van der Waals surface area contributed by atoms with E-state index in [2.05, 4.69) is 10.2 Å². The van der Waals surface area contributed by atoms with E-state index in [1.54, 1.807) is 30.3 Å². The van der Waals surface area contributed by atoms with E-state index in [-0.39, 0.29) is 21.6 Å². The van der Waals surface area contributed by atoms with Gasteiger partial charge in [-0.3, -0.25) is 4.79 Å². The molecule has 5 rings (SSSR count). The number of halogens is 1. The van der Waals surface area contributed by atoms with Gasteiger partial charge in [-0.2, -0.15) is 0 Å². The molecule has 1 aliphatic heterocycles. The Hall–Kier alpha value is -4.00. The van der Waals surface area contributed by atoms with Gasteiger partial charge in [0.05, 0.1) is 16.6 Å². The highest BCUT2D eigenvalue weighted by atomic mass is 19.1. The number of nitrogens with zero attached hydrogens (tertiary/aromatic N) is 3. The molecular weight excluding hydrogens is 419 g/mol. The predicted molar refractivity (Wildman–Crippen MR) is 132 cm³/mol. The summed E-state index contributed by atoms with van der Waals surface area (Å²) in [4.78, 5) is 24.2. The molecule has 0 saturated carbocycles. The van der Waals surface area contributed by atoms with E-state index >= 15 is 0 Å². The van der Waals surface area contributed by atoms with Gasteiger partial charge in [0, 0.05) is 28.8 Å². The number of carbonyl (C=O) groups excluding carboxylic acids is 1. The number of amides is 1. The van der Waals surface area contributed by atoms with Gasteiger partial charge in [-0.15, -0.1) is 0 Å². The third-order valence-electron chi connectivity index (χ3n) is 5.92. The largest absolute Gasteiger partial charge is 0.507 e. The molecular formula is C26H29FN4O2. The van der Waals surface area contributed by atoms with Crippen molar-refractivity contribution in [3.63, 3.8) is 0 Å². The Balaban J connectivity index is 0.00000152. The van der Waals surface area contributed by atoms with Gasteiger partial charge in [0.2, 0.25) is 0 Å². The highest BCUT2D eigenvalue weighted by molar-refractivity contribution is 5.95. The number of benzene rings is 3. The van der Waals surface area contributed by atoms with Gasteiger partial charge in [0.25, 0.3) is 5.91 Å². The summed E-state index contributed by atoms with van der Waals surface area (Å²) in [7, 11) is 0. The maximum absolute atomic E-state index is 14.0. The Morgan fingerprint density at radius 2 is 1.91 bits per heavy atom. The van der Waals surface area contributed by atoms with Crippen molar-refractivity contribution in [2.75, 3.05) is 18.0 Å². The van der Waals surface area contributed by atoms with Gasteiger partial charge in [-0.1, -0.05) is 30.3 Å². The summed E-state index contributed by atoms with van der Waals surface area (Å²) >= 11 is 0. The van der Waals surface area contributed by atoms with Gasteiger partial charge in [0.1, 0.15) is 17.4 Å². The summed E-state index contributed by atoms with van der Waals surface area (Å²) in [5.74, 6) is 0.361. The number of phenols is 1. The Bertz CT molecular complexity index is 1370. The topological polar surface area (TPSA) is 78.4 Å². The Kier molecular flexibility index (Phi) is 5.38. The quantitative estimate of drug-likeness (QED) is 0.449. The molecule has 4 aromatic rings. The summed E-state index contributed by atoms with van der Waals surface area (Å²) in [6, 6.07) is 18.8. The minimum absolute atomic E-state index is 0. The van der Waals surface area contributed by atoms with Crippen LogP contribution in [0.4, 0.5) is 10.2 Å².